The van der Waals surface area contributed by atoms with Gasteiger partial charge in [-0.2, -0.15) is 0 Å². The van der Waals surface area contributed by atoms with Crippen molar-refractivity contribution >= 4 is 39.7 Å². The van der Waals surface area contributed by atoms with Gasteiger partial charge in [-0.3, -0.25) is 0 Å². The van der Waals surface area contributed by atoms with Gasteiger partial charge in [0.2, 0.25) is 0 Å². The van der Waals surface area contributed by atoms with Crippen LogP contribution in [0.2, 0.25) is 0 Å². The third-order valence-corrected chi connectivity index (χ3v) is 4.78. The summed E-state index contributed by atoms with van der Waals surface area (Å²) in [7, 11) is 4.10. The Morgan fingerprint density at radius 3 is 2.72 bits per heavy atom. The summed E-state index contributed by atoms with van der Waals surface area (Å²) in [6, 6.07) is 8.45. The van der Waals surface area contributed by atoms with E-state index >= 15 is 0 Å². The van der Waals surface area contributed by atoms with E-state index in [1.54, 1.807) is 0 Å². The van der Waals surface area contributed by atoms with Gasteiger partial charge < -0.3 is 20.4 Å². The van der Waals surface area contributed by atoms with Crippen LogP contribution in [-0.2, 0) is 0 Å². The van der Waals surface area contributed by atoms with Gasteiger partial charge in [0, 0.05) is 37.3 Å². The number of fused-ring (bicyclic) bond motifs is 1. The molecule has 2 N–H and O–H groups in total. The van der Waals surface area contributed by atoms with Gasteiger partial charge in [0.25, 0.3) is 0 Å². The van der Waals surface area contributed by atoms with Crippen molar-refractivity contribution in [1.29, 1.82) is 0 Å². The summed E-state index contributed by atoms with van der Waals surface area (Å²) in [5, 5.41) is 8.32. The second kappa shape index (κ2) is 7.97. The molecule has 2 aromatic rings. The number of rotatable bonds is 5. The summed E-state index contributed by atoms with van der Waals surface area (Å²) < 4.78 is 0. The first-order chi connectivity index (χ1) is 12.0. The average molecular weight is 358 g/mol. The summed E-state index contributed by atoms with van der Waals surface area (Å²) in [6.07, 6.45) is 2.53. The van der Waals surface area contributed by atoms with Crippen molar-refractivity contribution in [3.63, 3.8) is 0 Å². The molecule has 0 amide bonds. The van der Waals surface area contributed by atoms with Crippen LogP contribution in [0, 0.1) is 6.92 Å². The molecule has 25 heavy (non-hydrogen) atoms. The number of aromatic nitrogens is 1. The Bertz CT molecular complexity index is 753. The summed E-state index contributed by atoms with van der Waals surface area (Å²) in [5.41, 5.74) is 3.29. The Morgan fingerprint density at radius 1 is 1.24 bits per heavy atom. The molecule has 134 valence electrons. The molecule has 0 atom stereocenters. The lowest BCUT2D eigenvalue weighted by Gasteiger charge is -2.18. The molecule has 0 aliphatic carbocycles. The minimum Gasteiger partial charge on any atom is -0.361 e. The average Bonchev–Trinajstić information content (AvgIpc) is 3.09. The number of hydrogen-bond acceptors (Lipinski definition) is 4. The van der Waals surface area contributed by atoms with Crippen molar-refractivity contribution in [2.75, 3.05) is 50.5 Å². The predicted octanol–water partition coefficient (Wildman–Crippen LogP) is 2.99. The zero-order valence-electron chi connectivity index (χ0n) is 15.3. The number of thiocarbonyl (C=S) groups is 1. The summed E-state index contributed by atoms with van der Waals surface area (Å²) in [4.78, 5) is 9.35. The third-order valence-electron chi connectivity index (χ3n) is 4.53. The predicted molar refractivity (Wildman–Crippen MR) is 111 cm³/mol. The number of benzene rings is 1. The van der Waals surface area contributed by atoms with Gasteiger partial charge in [-0.1, -0.05) is 0 Å². The Labute approximate surface area is 155 Å². The van der Waals surface area contributed by atoms with Crippen LogP contribution in [0.4, 0.5) is 11.5 Å². The first-order valence-electron chi connectivity index (χ1n) is 8.89. The Hall–Kier alpha value is -1.92. The molecule has 5 nitrogen and oxygen atoms in total. The zero-order chi connectivity index (χ0) is 17.8. The third kappa shape index (κ3) is 4.58. The van der Waals surface area contributed by atoms with E-state index in [0.717, 1.165) is 43.2 Å². The van der Waals surface area contributed by atoms with Crippen molar-refractivity contribution < 1.29 is 0 Å². The highest BCUT2D eigenvalue weighted by Gasteiger charge is 2.15. The van der Waals surface area contributed by atoms with Crippen LogP contribution in [0.15, 0.2) is 24.3 Å². The van der Waals surface area contributed by atoms with E-state index in [9.17, 15) is 0 Å². The first kappa shape index (κ1) is 17.9. The number of likely N-dealkylation sites (N-methyl/N-ethyl adjacent to an activating group) is 1. The first-order valence-corrected chi connectivity index (χ1v) is 9.30. The van der Waals surface area contributed by atoms with Gasteiger partial charge in [-0.15, -0.1) is 0 Å². The van der Waals surface area contributed by atoms with Gasteiger partial charge >= 0.3 is 0 Å². The standard InChI is InChI=1S/C19H27N5S/c1-14-12-18(24-9-4-5-10-24)22-17-7-6-15(13-16(14)17)21-19(25)20-8-11-23(2)3/h6-7,12-13H,4-5,8-11H2,1-3H3,(H2,20,21,25). The molecule has 1 aliphatic heterocycles. The summed E-state index contributed by atoms with van der Waals surface area (Å²) >= 11 is 5.37. The van der Waals surface area contributed by atoms with Crippen molar-refractivity contribution in [1.82, 2.24) is 15.2 Å². The highest BCUT2D eigenvalue weighted by atomic mass is 32.1. The minimum absolute atomic E-state index is 0.653. The lowest BCUT2D eigenvalue weighted by molar-refractivity contribution is 0.413. The molecule has 6 heteroatoms. The number of aryl methyl sites for hydroxylation is 1. The smallest absolute Gasteiger partial charge is 0.170 e. The van der Waals surface area contributed by atoms with Crippen molar-refractivity contribution in [2.45, 2.75) is 19.8 Å². The van der Waals surface area contributed by atoms with E-state index in [1.807, 2.05) is 20.2 Å². The number of nitrogens with zero attached hydrogens (tertiary/aromatic N) is 3. The maximum atomic E-state index is 5.37. The number of nitrogens with one attached hydrogen (secondary N) is 2. The van der Waals surface area contributed by atoms with Crippen molar-refractivity contribution in [3.05, 3.63) is 29.8 Å². The van der Waals surface area contributed by atoms with Crippen LogP contribution < -0.4 is 15.5 Å². The molecule has 0 unspecified atom stereocenters. The van der Waals surface area contributed by atoms with E-state index in [-0.39, 0.29) is 0 Å². The molecule has 1 aliphatic rings. The molecule has 0 radical (unpaired) electrons. The maximum absolute atomic E-state index is 5.37. The fourth-order valence-corrected chi connectivity index (χ4v) is 3.35. The lowest BCUT2D eigenvalue weighted by Crippen LogP contribution is -2.34. The normalized spacial score (nSPS) is 14.3. The number of hydrogen-bond donors (Lipinski definition) is 2. The molecular formula is C19H27N5S. The van der Waals surface area contributed by atoms with Gasteiger partial charge in [0.15, 0.2) is 5.11 Å². The molecule has 0 bridgehead atoms. The van der Waals surface area contributed by atoms with E-state index in [2.05, 4.69) is 45.6 Å². The van der Waals surface area contributed by atoms with Gasteiger partial charge in [-0.25, -0.2) is 4.98 Å². The number of anilines is 2. The van der Waals surface area contributed by atoms with Crippen LogP contribution in [0.25, 0.3) is 10.9 Å². The SMILES string of the molecule is Cc1cc(N2CCCC2)nc2ccc(NC(=S)NCCN(C)C)cc12. The molecule has 0 saturated carbocycles. The zero-order valence-corrected chi connectivity index (χ0v) is 16.1. The van der Waals surface area contributed by atoms with Crippen LogP contribution >= 0.6 is 12.2 Å². The van der Waals surface area contributed by atoms with E-state index in [4.69, 9.17) is 17.2 Å². The second-order valence-corrected chi connectivity index (χ2v) is 7.32. The van der Waals surface area contributed by atoms with Gasteiger partial charge in [-0.05, 0) is 75.9 Å². The Morgan fingerprint density at radius 2 is 2.00 bits per heavy atom. The molecule has 1 aromatic heterocycles. The second-order valence-electron chi connectivity index (χ2n) is 6.91. The van der Waals surface area contributed by atoms with Crippen molar-refractivity contribution in [2.24, 2.45) is 0 Å². The Kier molecular flexibility index (Phi) is 5.71. The maximum Gasteiger partial charge on any atom is 0.170 e. The fourth-order valence-electron chi connectivity index (χ4n) is 3.13. The minimum atomic E-state index is 0.653. The fraction of sp³-hybridized carbons (Fsp3) is 0.474. The van der Waals surface area contributed by atoms with Crippen LogP contribution in [0.5, 0.6) is 0 Å². The molecule has 3 rings (SSSR count). The molecule has 1 fully saturated rings. The molecule has 0 spiro atoms. The van der Waals surface area contributed by atoms with Crippen molar-refractivity contribution in [3.8, 4) is 0 Å². The van der Waals surface area contributed by atoms with E-state index < -0.39 is 0 Å². The highest BCUT2D eigenvalue weighted by Crippen LogP contribution is 2.27. The molecule has 2 heterocycles. The van der Waals surface area contributed by atoms with Gasteiger partial charge in [0.1, 0.15) is 5.82 Å². The highest BCUT2D eigenvalue weighted by molar-refractivity contribution is 7.80. The largest absolute Gasteiger partial charge is 0.361 e. The topological polar surface area (TPSA) is 43.4 Å². The Balaban J connectivity index is 1.72. The summed E-state index contributed by atoms with van der Waals surface area (Å²) in [6.45, 7) is 6.16. The van der Waals surface area contributed by atoms with E-state index in [1.165, 1.54) is 23.8 Å². The quantitative estimate of drug-likeness (QED) is 0.802. The van der Waals surface area contributed by atoms with E-state index in [0.29, 0.717) is 5.11 Å². The van der Waals surface area contributed by atoms with Crippen LogP contribution in [0.1, 0.15) is 18.4 Å². The molecule has 1 saturated heterocycles. The monoisotopic (exact) mass is 357 g/mol. The number of pyridine rings is 1. The van der Waals surface area contributed by atoms with Crippen LogP contribution in [-0.4, -0.2) is 55.3 Å². The molecule has 1 aromatic carbocycles. The lowest BCUT2D eigenvalue weighted by atomic mass is 10.1. The summed E-state index contributed by atoms with van der Waals surface area (Å²) in [5.74, 6) is 1.10. The van der Waals surface area contributed by atoms with Gasteiger partial charge in [0.05, 0.1) is 5.52 Å². The molecular weight excluding hydrogens is 330 g/mol. The van der Waals surface area contributed by atoms with Crippen LogP contribution in [0.3, 0.4) is 0 Å².